The second kappa shape index (κ2) is 5.61. The number of amides is 1. The van der Waals surface area contributed by atoms with Gasteiger partial charge in [0.05, 0.1) is 6.61 Å². The number of aliphatic hydroxyl groups is 1. The molecule has 6 nitrogen and oxygen atoms in total. The molecule has 1 spiro atoms. The molecule has 2 N–H and O–H groups in total. The van der Waals surface area contributed by atoms with E-state index in [0.29, 0.717) is 19.4 Å². The molecule has 6 heteroatoms. The maximum atomic E-state index is 12.1. The van der Waals surface area contributed by atoms with Crippen LogP contribution in [0.15, 0.2) is 24.3 Å². The van der Waals surface area contributed by atoms with E-state index in [4.69, 9.17) is 9.84 Å². The van der Waals surface area contributed by atoms with Gasteiger partial charge in [-0.1, -0.05) is 12.1 Å². The number of hydrogen-bond donors (Lipinski definition) is 2. The molecule has 1 aromatic carbocycles. The summed E-state index contributed by atoms with van der Waals surface area (Å²) in [6.45, 7) is 0.273. The van der Waals surface area contributed by atoms with Gasteiger partial charge in [0.15, 0.2) is 0 Å². The standard InChI is InChI=1S/C16H19NO5/c18-9-8-17-15(21)16(17)7-3-4-11(10-16)22-14(20)12-5-1-2-6-13(12)19/h1-2,5-6,11,18-19H,3-4,7-10H2. The minimum Gasteiger partial charge on any atom is -0.507 e. The van der Waals surface area contributed by atoms with Crippen molar-refractivity contribution in [3.63, 3.8) is 0 Å². The van der Waals surface area contributed by atoms with Crippen LogP contribution in [0, 0.1) is 0 Å². The highest BCUT2D eigenvalue weighted by molar-refractivity contribution is 6.02. The lowest BCUT2D eigenvalue weighted by Crippen LogP contribution is -2.34. The van der Waals surface area contributed by atoms with Gasteiger partial charge >= 0.3 is 5.97 Å². The lowest BCUT2D eigenvalue weighted by molar-refractivity contribution is -0.115. The fourth-order valence-corrected chi connectivity index (χ4v) is 3.37. The first kappa shape index (κ1) is 14.8. The van der Waals surface area contributed by atoms with Crippen LogP contribution in [0.4, 0.5) is 0 Å². The third kappa shape index (κ3) is 2.43. The fraction of sp³-hybridized carbons (Fsp3) is 0.500. The van der Waals surface area contributed by atoms with Crippen molar-refractivity contribution in [2.24, 2.45) is 0 Å². The van der Waals surface area contributed by atoms with E-state index in [2.05, 4.69) is 0 Å². The van der Waals surface area contributed by atoms with Crippen molar-refractivity contribution in [3.05, 3.63) is 29.8 Å². The summed E-state index contributed by atoms with van der Waals surface area (Å²) in [6.07, 6.45) is 2.38. The fourth-order valence-electron chi connectivity index (χ4n) is 3.37. The van der Waals surface area contributed by atoms with Crippen molar-refractivity contribution in [1.29, 1.82) is 0 Å². The number of carbonyl (C=O) groups excluding carboxylic acids is 2. The van der Waals surface area contributed by atoms with Crippen molar-refractivity contribution >= 4 is 11.9 Å². The first-order chi connectivity index (χ1) is 10.6. The normalized spacial score (nSPS) is 27.0. The number of hydrogen-bond acceptors (Lipinski definition) is 5. The summed E-state index contributed by atoms with van der Waals surface area (Å²) in [6, 6.07) is 6.24. The highest BCUT2D eigenvalue weighted by Crippen LogP contribution is 2.47. The van der Waals surface area contributed by atoms with Gasteiger partial charge in [-0.2, -0.15) is 0 Å². The second-order valence-corrected chi connectivity index (χ2v) is 5.85. The number of benzene rings is 1. The molecule has 0 aromatic heterocycles. The average molecular weight is 305 g/mol. The van der Waals surface area contributed by atoms with E-state index in [-0.39, 0.29) is 29.9 Å². The zero-order valence-corrected chi connectivity index (χ0v) is 12.2. The molecule has 0 bridgehead atoms. The minimum absolute atomic E-state index is 0.0323. The largest absolute Gasteiger partial charge is 0.507 e. The number of aliphatic hydroxyl groups excluding tert-OH is 1. The van der Waals surface area contributed by atoms with E-state index in [1.807, 2.05) is 0 Å². The average Bonchev–Trinajstić information content (AvgIpc) is 3.02. The lowest BCUT2D eigenvalue weighted by Gasteiger charge is -2.28. The predicted molar refractivity (Wildman–Crippen MR) is 77.3 cm³/mol. The molecule has 1 aromatic rings. The van der Waals surface area contributed by atoms with Crippen LogP contribution in [-0.2, 0) is 9.53 Å². The van der Waals surface area contributed by atoms with Gasteiger partial charge in [-0.3, -0.25) is 4.79 Å². The smallest absolute Gasteiger partial charge is 0.342 e. The van der Waals surface area contributed by atoms with E-state index in [9.17, 15) is 14.7 Å². The predicted octanol–water partition coefficient (Wildman–Crippen LogP) is 1.06. The molecule has 2 unspecified atom stereocenters. The van der Waals surface area contributed by atoms with Gasteiger partial charge in [0, 0.05) is 13.0 Å². The van der Waals surface area contributed by atoms with Crippen molar-refractivity contribution in [1.82, 2.24) is 4.90 Å². The molecule has 1 heterocycles. The summed E-state index contributed by atoms with van der Waals surface area (Å²) in [5.74, 6) is -0.644. The van der Waals surface area contributed by atoms with Crippen LogP contribution in [0.2, 0.25) is 0 Å². The Morgan fingerprint density at radius 3 is 2.91 bits per heavy atom. The summed E-state index contributed by atoms with van der Waals surface area (Å²) in [7, 11) is 0. The van der Waals surface area contributed by atoms with Crippen molar-refractivity contribution in [3.8, 4) is 5.75 Å². The molecule has 1 aliphatic carbocycles. The zero-order valence-electron chi connectivity index (χ0n) is 12.2. The summed E-state index contributed by atoms with van der Waals surface area (Å²) in [4.78, 5) is 25.8. The maximum absolute atomic E-state index is 12.1. The highest BCUT2D eigenvalue weighted by Gasteiger charge is 2.63. The number of rotatable bonds is 4. The van der Waals surface area contributed by atoms with E-state index >= 15 is 0 Å². The molecule has 2 fully saturated rings. The number of nitrogens with zero attached hydrogens (tertiary/aromatic N) is 1. The minimum atomic E-state index is -0.568. The monoisotopic (exact) mass is 305 g/mol. The molecule has 3 rings (SSSR count). The number of phenols is 1. The van der Waals surface area contributed by atoms with E-state index in [0.717, 1.165) is 12.8 Å². The van der Waals surface area contributed by atoms with Crippen LogP contribution in [0.3, 0.4) is 0 Å². The Labute approximate surface area is 128 Å². The lowest BCUT2D eigenvalue weighted by atomic mass is 9.86. The van der Waals surface area contributed by atoms with Gasteiger partial charge in [-0.05, 0) is 31.4 Å². The molecule has 22 heavy (non-hydrogen) atoms. The molecule has 1 amide bonds. The molecule has 118 valence electrons. The number of aromatic hydroxyl groups is 1. The van der Waals surface area contributed by atoms with Crippen LogP contribution >= 0.6 is 0 Å². The third-order valence-corrected chi connectivity index (χ3v) is 4.51. The summed E-state index contributed by atoms with van der Waals surface area (Å²) < 4.78 is 5.47. The summed E-state index contributed by atoms with van der Waals surface area (Å²) >= 11 is 0. The SMILES string of the molecule is O=C(OC1CCCC2(C1)C(=O)N2CCO)c1ccccc1O. The van der Waals surface area contributed by atoms with Gasteiger partial charge < -0.3 is 19.8 Å². The molecular formula is C16H19NO5. The number of β-amino-alcohol motifs (C(OH)–C–C–N with tert-alkyl or cyclic N) is 1. The second-order valence-electron chi connectivity index (χ2n) is 5.85. The molecule has 2 aliphatic rings. The third-order valence-electron chi connectivity index (χ3n) is 4.51. The molecule has 1 aliphatic heterocycles. The highest BCUT2D eigenvalue weighted by atomic mass is 16.5. The van der Waals surface area contributed by atoms with Crippen LogP contribution in [0.5, 0.6) is 5.75 Å². The number of para-hydroxylation sites is 1. The quantitative estimate of drug-likeness (QED) is 0.642. The Hall–Kier alpha value is -2.08. The van der Waals surface area contributed by atoms with E-state index < -0.39 is 11.5 Å². The molecule has 2 atom stereocenters. The molecule has 0 radical (unpaired) electrons. The van der Waals surface area contributed by atoms with Crippen molar-refractivity contribution in [2.45, 2.75) is 37.3 Å². The Balaban J connectivity index is 1.66. The van der Waals surface area contributed by atoms with Gasteiger partial charge in [0.2, 0.25) is 5.91 Å². The molecule has 1 saturated carbocycles. The maximum Gasteiger partial charge on any atom is 0.342 e. The van der Waals surface area contributed by atoms with Crippen LogP contribution in [0.25, 0.3) is 0 Å². The Bertz CT molecular complexity index is 602. The van der Waals surface area contributed by atoms with Crippen LogP contribution < -0.4 is 0 Å². The first-order valence-electron chi connectivity index (χ1n) is 7.50. The number of phenolic OH excluding ortho intramolecular Hbond substituents is 1. The Kier molecular flexibility index (Phi) is 3.78. The van der Waals surface area contributed by atoms with Crippen molar-refractivity contribution < 1.29 is 24.5 Å². The van der Waals surface area contributed by atoms with Gasteiger partial charge in [-0.25, -0.2) is 4.79 Å². The zero-order chi connectivity index (χ0) is 15.7. The molecular weight excluding hydrogens is 286 g/mol. The van der Waals surface area contributed by atoms with Crippen LogP contribution in [0.1, 0.15) is 36.0 Å². The van der Waals surface area contributed by atoms with Crippen molar-refractivity contribution in [2.75, 3.05) is 13.2 Å². The number of carbonyl (C=O) groups is 2. The number of esters is 1. The van der Waals surface area contributed by atoms with Gasteiger partial charge in [0.1, 0.15) is 23.0 Å². The Morgan fingerprint density at radius 1 is 1.41 bits per heavy atom. The van der Waals surface area contributed by atoms with E-state index in [1.165, 1.54) is 12.1 Å². The van der Waals surface area contributed by atoms with E-state index in [1.54, 1.807) is 17.0 Å². The summed E-state index contributed by atoms with van der Waals surface area (Å²) in [5.41, 5.74) is -0.415. The Morgan fingerprint density at radius 2 is 2.18 bits per heavy atom. The first-order valence-corrected chi connectivity index (χ1v) is 7.50. The number of ether oxygens (including phenoxy) is 1. The van der Waals surface area contributed by atoms with Gasteiger partial charge in [-0.15, -0.1) is 0 Å². The topological polar surface area (TPSA) is 86.8 Å². The summed E-state index contributed by atoms with van der Waals surface area (Å²) in [5, 5.41) is 18.7. The molecule has 1 saturated heterocycles. The van der Waals surface area contributed by atoms with Crippen LogP contribution in [-0.4, -0.2) is 51.8 Å². The van der Waals surface area contributed by atoms with Gasteiger partial charge in [0.25, 0.3) is 0 Å².